The van der Waals surface area contributed by atoms with Gasteiger partial charge in [-0.05, 0) is 18.9 Å². The van der Waals surface area contributed by atoms with E-state index >= 15 is 0 Å². The topological polar surface area (TPSA) is 146 Å². The number of ether oxygens (including phenoxy) is 2. The van der Waals surface area contributed by atoms with Crippen molar-refractivity contribution in [3.8, 4) is 0 Å². The maximum absolute atomic E-state index is 12.2. The van der Waals surface area contributed by atoms with Gasteiger partial charge in [0.05, 0.1) is 25.9 Å². The third-order valence-corrected chi connectivity index (χ3v) is 7.15. The van der Waals surface area contributed by atoms with E-state index in [4.69, 9.17) is 19.7 Å². The van der Waals surface area contributed by atoms with Gasteiger partial charge in [-0.3, -0.25) is 9.13 Å². The summed E-state index contributed by atoms with van der Waals surface area (Å²) in [4.78, 5) is 25.3. The summed E-state index contributed by atoms with van der Waals surface area (Å²) in [7, 11) is -3.99. The Kier molecular flexibility index (Phi) is 19.7. The van der Waals surface area contributed by atoms with Crippen molar-refractivity contribution in [1.82, 2.24) is 9.55 Å². The fraction of sp³-hybridized carbons (Fsp3) is 0.846. The third kappa shape index (κ3) is 18.6. The van der Waals surface area contributed by atoms with Gasteiger partial charge in [0, 0.05) is 19.4 Å². The van der Waals surface area contributed by atoms with E-state index in [1.165, 1.54) is 93.9 Å². The molecule has 216 valence electrons. The van der Waals surface area contributed by atoms with E-state index in [-0.39, 0.29) is 19.0 Å². The van der Waals surface area contributed by atoms with Crippen LogP contribution in [0.15, 0.2) is 17.1 Å². The number of anilines is 1. The van der Waals surface area contributed by atoms with E-state index in [0.717, 1.165) is 6.42 Å². The average Bonchev–Trinajstić information content (AvgIpc) is 2.87. The van der Waals surface area contributed by atoms with Crippen molar-refractivity contribution >= 4 is 13.4 Å². The number of rotatable bonds is 25. The third-order valence-electron chi connectivity index (χ3n) is 6.09. The lowest BCUT2D eigenvalue weighted by molar-refractivity contribution is 0.0162. The molecule has 0 amide bonds. The Morgan fingerprint density at radius 2 is 1.51 bits per heavy atom. The molecule has 1 aromatic rings. The van der Waals surface area contributed by atoms with Gasteiger partial charge in [0.25, 0.3) is 0 Å². The summed E-state index contributed by atoms with van der Waals surface area (Å²) in [5.41, 5.74) is 4.85. The Morgan fingerprint density at radius 3 is 2.08 bits per heavy atom. The summed E-state index contributed by atoms with van der Waals surface area (Å²) >= 11 is 0. The molecule has 0 bridgehead atoms. The molecule has 0 radical (unpaired) electrons. The quantitative estimate of drug-likeness (QED) is 0.115. The second kappa shape index (κ2) is 21.6. The molecule has 0 aliphatic carbocycles. The molecule has 0 fully saturated rings. The van der Waals surface area contributed by atoms with Crippen LogP contribution in [-0.4, -0.2) is 58.4 Å². The summed E-state index contributed by atoms with van der Waals surface area (Å²) in [5.74, 6) is 0.0873. The molecular weight excluding hydrogens is 497 g/mol. The standard InChI is InChI=1S/C26H50N3O7P/c1-2-3-4-5-6-7-8-9-10-11-12-13-14-18-34-19-15-20-36-37(32,33)23-35-24(22-30)21-29-17-16-25(27)28-26(29)31/h16-17,24,30H,2-15,18-23H2,1H3,(H,32,33)(H2,27,28,31)/t24-/m0/s1. The second-order valence-electron chi connectivity index (χ2n) is 9.57. The van der Waals surface area contributed by atoms with Gasteiger partial charge in [0.15, 0.2) is 0 Å². The van der Waals surface area contributed by atoms with Crippen molar-refractivity contribution in [3.05, 3.63) is 22.7 Å². The van der Waals surface area contributed by atoms with Crippen molar-refractivity contribution in [1.29, 1.82) is 0 Å². The molecule has 1 aromatic heterocycles. The van der Waals surface area contributed by atoms with Gasteiger partial charge in [-0.1, -0.05) is 84.0 Å². The fourth-order valence-electron chi connectivity index (χ4n) is 3.89. The van der Waals surface area contributed by atoms with Crippen LogP contribution >= 0.6 is 7.60 Å². The lowest BCUT2D eigenvalue weighted by atomic mass is 10.0. The minimum atomic E-state index is -3.99. The van der Waals surface area contributed by atoms with E-state index in [2.05, 4.69) is 11.9 Å². The molecule has 4 N–H and O–H groups in total. The highest BCUT2D eigenvalue weighted by Gasteiger charge is 2.22. The van der Waals surface area contributed by atoms with Crippen LogP contribution in [0.25, 0.3) is 0 Å². The molecule has 0 aliphatic heterocycles. The van der Waals surface area contributed by atoms with Gasteiger partial charge in [0.1, 0.15) is 12.2 Å². The SMILES string of the molecule is CCCCCCCCCCCCCCCOCCCOP(=O)(O)CO[C@H](CO)Cn1ccc(N)nc1=O. The molecule has 0 spiro atoms. The van der Waals surface area contributed by atoms with Gasteiger partial charge in [-0.15, -0.1) is 0 Å². The highest BCUT2D eigenvalue weighted by Crippen LogP contribution is 2.42. The van der Waals surface area contributed by atoms with Crippen molar-refractivity contribution in [2.75, 3.05) is 38.5 Å². The first-order valence-corrected chi connectivity index (χ1v) is 15.7. The molecule has 1 heterocycles. The number of hydrogen-bond donors (Lipinski definition) is 3. The highest BCUT2D eigenvalue weighted by molar-refractivity contribution is 7.52. The number of nitrogen functional groups attached to an aromatic ring is 1. The Bertz CT molecular complexity index is 794. The number of aliphatic hydroxyl groups excluding tert-OH is 1. The van der Waals surface area contributed by atoms with Crippen LogP contribution in [0.5, 0.6) is 0 Å². The summed E-state index contributed by atoms with van der Waals surface area (Å²) in [5, 5.41) is 9.45. The lowest BCUT2D eigenvalue weighted by Crippen LogP contribution is -2.32. The van der Waals surface area contributed by atoms with Gasteiger partial charge >= 0.3 is 13.3 Å². The number of nitrogens with zero attached hydrogens (tertiary/aromatic N) is 2. The first-order chi connectivity index (χ1) is 17.9. The minimum absolute atomic E-state index is 0.0321. The zero-order valence-corrected chi connectivity index (χ0v) is 23.6. The molecule has 0 aliphatic rings. The molecule has 1 unspecified atom stereocenters. The number of aliphatic hydroxyl groups is 1. The summed E-state index contributed by atoms with van der Waals surface area (Å²) in [6.07, 6.45) is 17.5. The smallest absolute Gasteiger partial charge is 0.353 e. The molecule has 0 saturated carbocycles. The van der Waals surface area contributed by atoms with E-state index < -0.39 is 32.3 Å². The maximum Gasteiger partial charge on any atom is 0.353 e. The van der Waals surface area contributed by atoms with Crippen LogP contribution in [0, 0.1) is 0 Å². The van der Waals surface area contributed by atoms with E-state index in [9.17, 15) is 19.4 Å². The molecule has 0 saturated heterocycles. The van der Waals surface area contributed by atoms with E-state index in [1.807, 2.05) is 0 Å². The number of unbranched alkanes of at least 4 members (excludes halogenated alkanes) is 12. The Hall–Kier alpha value is -1.29. The Labute approximate surface area is 222 Å². The van der Waals surface area contributed by atoms with Crippen molar-refractivity contribution < 1.29 is 28.6 Å². The molecule has 37 heavy (non-hydrogen) atoms. The van der Waals surface area contributed by atoms with Crippen LogP contribution < -0.4 is 11.4 Å². The maximum atomic E-state index is 12.2. The monoisotopic (exact) mass is 547 g/mol. The lowest BCUT2D eigenvalue weighted by Gasteiger charge is -2.19. The minimum Gasteiger partial charge on any atom is -0.394 e. The summed E-state index contributed by atoms with van der Waals surface area (Å²) < 4.78 is 29.3. The second-order valence-corrected chi connectivity index (χ2v) is 11.4. The van der Waals surface area contributed by atoms with Gasteiger partial charge in [-0.2, -0.15) is 4.98 Å². The van der Waals surface area contributed by atoms with E-state index in [1.54, 1.807) is 0 Å². The Morgan fingerprint density at radius 1 is 0.946 bits per heavy atom. The molecular formula is C26H50N3O7P. The largest absolute Gasteiger partial charge is 0.394 e. The molecule has 11 heteroatoms. The van der Waals surface area contributed by atoms with Crippen LogP contribution in [0.2, 0.25) is 0 Å². The molecule has 0 aromatic carbocycles. The summed E-state index contributed by atoms with van der Waals surface area (Å²) in [6, 6.07) is 1.44. The fourth-order valence-corrected chi connectivity index (χ4v) is 4.78. The molecule has 10 nitrogen and oxygen atoms in total. The van der Waals surface area contributed by atoms with Crippen molar-refractivity contribution in [2.45, 2.75) is 109 Å². The number of aromatic nitrogens is 2. The first-order valence-electron chi connectivity index (χ1n) is 14.0. The molecule has 1 rings (SSSR count). The zero-order chi connectivity index (χ0) is 27.2. The van der Waals surface area contributed by atoms with Crippen LogP contribution in [0.4, 0.5) is 5.82 Å². The summed E-state index contributed by atoms with van der Waals surface area (Å²) in [6.45, 7) is 3.01. The van der Waals surface area contributed by atoms with Crippen LogP contribution in [0.3, 0.4) is 0 Å². The number of hydrogen-bond acceptors (Lipinski definition) is 8. The predicted octanol–water partition coefficient (Wildman–Crippen LogP) is 4.86. The highest BCUT2D eigenvalue weighted by atomic mass is 31.2. The van der Waals surface area contributed by atoms with Crippen molar-refractivity contribution in [3.63, 3.8) is 0 Å². The van der Waals surface area contributed by atoms with Gasteiger partial charge in [0.2, 0.25) is 0 Å². The Balaban J connectivity index is 1.97. The molecule has 2 atom stereocenters. The van der Waals surface area contributed by atoms with Gasteiger partial charge < -0.3 is 29.7 Å². The van der Waals surface area contributed by atoms with Crippen molar-refractivity contribution in [2.24, 2.45) is 0 Å². The van der Waals surface area contributed by atoms with Crippen LogP contribution in [0.1, 0.15) is 96.8 Å². The van der Waals surface area contributed by atoms with Crippen LogP contribution in [-0.2, 0) is 25.1 Å². The van der Waals surface area contributed by atoms with E-state index in [0.29, 0.717) is 19.6 Å². The first kappa shape index (κ1) is 33.7. The normalized spacial score (nSPS) is 14.0. The average molecular weight is 548 g/mol. The zero-order valence-electron chi connectivity index (χ0n) is 22.7. The van der Waals surface area contributed by atoms with Gasteiger partial charge in [-0.25, -0.2) is 4.79 Å². The number of nitrogens with two attached hydrogens (primary N) is 1. The predicted molar refractivity (Wildman–Crippen MR) is 147 cm³/mol.